The summed E-state index contributed by atoms with van der Waals surface area (Å²) in [7, 11) is 1.79. The lowest BCUT2D eigenvalue weighted by molar-refractivity contribution is 0.00491. The van der Waals surface area contributed by atoms with Gasteiger partial charge in [-0.25, -0.2) is 4.79 Å². The Morgan fingerprint density at radius 1 is 1.29 bits per heavy atom. The van der Waals surface area contributed by atoms with Crippen molar-refractivity contribution >= 4 is 22.0 Å². The molecule has 7 heteroatoms. The van der Waals surface area contributed by atoms with Crippen molar-refractivity contribution in [1.82, 2.24) is 14.7 Å². The molecule has 28 heavy (non-hydrogen) atoms. The molecule has 1 saturated heterocycles. The molecule has 0 N–H and O–H groups in total. The molecule has 0 saturated carbocycles. The van der Waals surface area contributed by atoms with Gasteiger partial charge in [0.25, 0.3) is 0 Å². The number of rotatable bonds is 4. The van der Waals surface area contributed by atoms with E-state index in [0.29, 0.717) is 13.1 Å². The molecular weight excluding hydrogens is 422 g/mol. The zero-order valence-electron chi connectivity index (χ0n) is 18.8. The van der Waals surface area contributed by atoms with Crippen molar-refractivity contribution < 1.29 is 14.3 Å². The maximum atomic E-state index is 12.3. The minimum absolute atomic E-state index is 0.211. The van der Waals surface area contributed by atoms with Crippen LogP contribution in [0.5, 0.6) is 0 Å². The van der Waals surface area contributed by atoms with Crippen molar-refractivity contribution in [2.24, 2.45) is 0 Å². The van der Waals surface area contributed by atoms with E-state index in [1.54, 1.807) is 7.11 Å². The third-order valence-electron chi connectivity index (χ3n) is 6.16. The molecule has 0 spiro atoms. The van der Waals surface area contributed by atoms with Crippen LogP contribution in [0.25, 0.3) is 0 Å². The minimum Gasteiger partial charge on any atom is -0.444 e. The number of carbonyl (C=O) groups excluding carboxylic acids is 1. The van der Waals surface area contributed by atoms with Gasteiger partial charge in [0.15, 0.2) is 0 Å². The number of alkyl halides is 1. The zero-order valence-corrected chi connectivity index (χ0v) is 20.4. The lowest BCUT2D eigenvalue weighted by Gasteiger charge is -2.49. The first kappa shape index (κ1) is 23.5. The monoisotopic (exact) mass is 459 g/mol. The molecule has 2 aliphatic heterocycles. The van der Waals surface area contributed by atoms with Crippen LogP contribution in [-0.4, -0.2) is 89.2 Å². The van der Waals surface area contributed by atoms with Crippen LogP contribution in [0.2, 0.25) is 0 Å². The van der Waals surface area contributed by atoms with E-state index in [4.69, 9.17) is 9.47 Å². The van der Waals surface area contributed by atoms with Crippen LogP contribution >= 0.6 is 15.9 Å². The summed E-state index contributed by atoms with van der Waals surface area (Å²) in [4.78, 5) is 19.3. The second-order valence-electron chi connectivity index (χ2n) is 9.01. The van der Waals surface area contributed by atoms with Crippen LogP contribution < -0.4 is 0 Å². The number of hydrogen-bond donors (Lipinski definition) is 0. The van der Waals surface area contributed by atoms with Crippen molar-refractivity contribution in [2.75, 3.05) is 46.4 Å². The second-order valence-corrected chi connectivity index (χ2v) is 10.1. The van der Waals surface area contributed by atoms with Gasteiger partial charge < -0.3 is 19.3 Å². The molecule has 1 amide bonds. The summed E-state index contributed by atoms with van der Waals surface area (Å²) < 4.78 is 11.5. The summed E-state index contributed by atoms with van der Waals surface area (Å²) in [6.07, 6.45) is -0.211. The van der Waals surface area contributed by atoms with Gasteiger partial charge in [-0.05, 0) is 54.0 Å². The predicted octanol–water partition coefficient (Wildman–Crippen LogP) is 3.71. The van der Waals surface area contributed by atoms with Gasteiger partial charge >= 0.3 is 6.09 Å². The lowest BCUT2D eigenvalue weighted by atomic mass is 9.85. The summed E-state index contributed by atoms with van der Waals surface area (Å²) >= 11 is 3.84. The minimum atomic E-state index is -0.454. The fourth-order valence-corrected chi connectivity index (χ4v) is 5.02. The van der Waals surface area contributed by atoms with Gasteiger partial charge in [0, 0.05) is 58.1 Å². The number of carbonyl (C=O) groups is 1. The highest BCUT2D eigenvalue weighted by Gasteiger charge is 2.44. The van der Waals surface area contributed by atoms with E-state index in [1.165, 1.54) is 11.3 Å². The number of amides is 1. The molecule has 2 unspecified atom stereocenters. The van der Waals surface area contributed by atoms with Gasteiger partial charge in [0.2, 0.25) is 0 Å². The van der Waals surface area contributed by atoms with Crippen LogP contribution in [0.4, 0.5) is 4.79 Å². The highest BCUT2D eigenvalue weighted by molar-refractivity contribution is 9.09. The number of hydrogen-bond acceptors (Lipinski definition) is 5. The largest absolute Gasteiger partial charge is 0.444 e. The predicted molar refractivity (Wildman–Crippen MR) is 117 cm³/mol. The Morgan fingerprint density at radius 3 is 2.32 bits per heavy atom. The number of likely N-dealkylation sites (N-methyl/N-ethyl adjacent to an activating group) is 1. The molecule has 3 atom stereocenters. The lowest BCUT2D eigenvalue weighted by Crippen LogP contribution is -2.57. The highest BCUT2D eigenvalue weighted by Crippen LogP contribution is 2.39. The average molecular weight is 460 g/mol. The third kappa shape index (κ3) is 4.85. The summed E-state index contributed by atoms with van der Waals surface area (Å²) in [5.41, 5.74) is 1.87. The molecule has 2 aliphatic rings. The zero-order chi connectivity index (χ0) is 21.3. The quantitative estimate of drug-likeness (QED) is 0.599. The Labute approximate surface area is 179 Å². The van der Waals surface area contributed by atoms with E-state index in [-0.39, 0.29) is 22.6 Å². The molecular formula is C21H38BrN3O3. The fourth-order valence-electron chi connectivity index (χ4n) is 4.14. The van der Waals surface area contributed by atoms with E-state index < -0.39 is 5.60 Å². The van der Waals surface area contributed by atoms with Crippen molar-refractivity contribution in [3.05, 3.63) is 11.3 Å². The molecule has 0 bridgehead atoms. The molecule has 6 nitrogen and oxygen atoms in total. The number of ether oxygens (including phenoxy) is 2. The van der Waals surface area contributed by atoms with Crippen LogP contribution in [0.3, 0.4) is 0 Å². The van der Waals surface area contributed by atoms with Gasteiger partial charge in [-0.3, -0.25) is 4.90 Å². The molecule has 0 aromatic rings. The topological polar surface area (TPSA) is 45.2 Å². The number of piperazine rings is 1. The van der Waals surface area contributed by atoms with Crippen LogP contribution in [0, 0.1) is 0 Å². The van der Waals surface area contributed by atoms with Gasteiger partial charge in [0.1, 0.15) is 11.2 Å². The third-order valence-corrected chi connectivity index (χ3v) is 7.33. The summed E-state index contributed by atoms with van der Waals surface area (Å²) in [6.45, 7) is 19.5. The molecule has 2 rings (SSSR count). The van der Waals surface area contributed by atoms with E-state index in [1.807, 2.05) is 25.7 Å². The first-order valence-electron chi connectivity index (χ1n) is 10.3. The summed E-state index contributed by atoms with van der Waals surface area (Å²) in [5.74, 6) is 0. The van der Waals surface area contributed by atoms with Crippen LogP contribution in [0.1, 0.15) is 48.5 Å². The molecule has 1 fully saturated rings. The molecule has 0 aliphatic carbocycles. The molecule has 2 heterocycles. The Kier molecular flexibility index (Phi) is 7.48. The summed E-state index contributed by atoms with van der Waals surface area (Å²) in [5, 5.41) is 0. The van der Waals surface area contributed by atoms with Gasteiger partial charge in [-0.2, -0.15) is 0 Å². The van der Waals surface area contributed by atoms with Crippen LogP contribution in [0.15, 0.2) is 11.3 Å². The smallest absolute Gasteiger partial charge is 0.410 e. The van der Waals surface area contributed by atoms with Crippen molar-refractivity contribution in [3.8, 4) is 0 Å². The van der Waals surface area contributed by atoms with Crippen molar-refractivity contribution in [1.29, 1.82) is 0 Å². The maximum Gasteiger partial charge on any atom is 0.410 e. The average Bonchev–Trinajstić information content (AvgIpc) is 2.64. The SMILES string of the molecule is CCN1C[C@H](Br)C(C)(OC)C(C)=C1C(C)N1CCN(C(=O)OC(C)(C)C)CC1. The molecule has 0 aromatic heterocycles. The number of halogens is 1. The first-order chi connectivity index (χ1) is 12.9. The standard InChI is InChI=1S/C21H38BrN3O3/c1-9-23-14-17(22)21(7,27-8)15(2)18(23)16(3)24-10-12-25(13-11-24)19(26)28-20(4,5)6/h16-17H,9-14H2,1-8H3/t16?,17-,21?/m0/s1. The maximum absolute atomic E-state index is 12.3. The Morgan fingerprint density at radius 2 is 1.86 bits per heavy atom. The van der Waals surface area contributed by atoms with E-state index in [2.05, 4.69) is 53.4 Å². The summed E-state index contributed by atoms with van der Waals surface area (Å²) in [6, 6.07) is 0.273. The Bertz CT molecular complexity index is 596. The second kappa shape index (κ2) is 8.92. The fraction of sp³-hybridized carbons (Fsp3) is 0.857. The number of nitrogens with zero attached hydrogens (tertiary/aromatic N) is 3. The molecule has 0 aromatic carbocycles. The van der Waals surface area contributed by atoms with E-state index >= 15 is 0 Å². The first-order valence-corrected chi connectivity index (χ1v) is 11.2. The van der Waals surface area contributed by atoms with Crippen molar-refractivity contribution in [2.45, 2.75) is 70.5 Å². The molecule has 162 valence electrons. The number of methoxy groups -OCH3 is 1. The normalized spacial score (nSPS) is 28.5. The van der Waals surface area contributed by atoms with Gasteiger partial charge in [0.05, 0.1) is 4.83 Å². The van der Waals surface area contributed by atoms with Gasteiger partial charge in [-0.15, -0.1) is 0 Å². The van der Waals surface area contributed by atoms with Crippen molar-refractivity contribution in [3.63, 3.8) is 0 Å². The van der Waals surface area contributed by atoms with Gasteiger partial charge in [-0.1, -0.05) is 15.9 Å². The molecule has 0 radical (unpaired) electrons. The van der Waals surface area contributed by atoms with E-state index in [9.17, 15) is 4.79 Å². The highest BCUT2D eigenvalue weighted by atomic mass is 79.9. The van der Waals surface area contributed by atoms with E-state index in [0.717, 1.165) is 26.2 Å². The Balaban J connectivity index is 2.13. The Hall–Kier alpha value is -0.790. The van der Waals surface area contributed by atoms with Crippen LogP contribution in [-0.2, 0) is 9.47 Å².